The lowest BCUT2D eigenvalue weighted by Crippen LogP contribution is -2.38. The molecule has 0 aromatic carbocycles. The number of hydrogen-bond acceptors (Lipinski definition) is 3. The van der Waals surface area contributed by atoms with Crippen molar-refractivity contribution in [2.75, 3.05) is 33.9 Å². The molecule has 1 fully saturated rings. The zero-order valence-electron chi connectivity index (χ0n) is 9.79. The lowest BCUT2D eigenvalue weighted by Gasteiger charge is -2.21. The van der Waals surface area contributed by atoms with Crippen LogP contribution in [0.15, 0.2) is 0 Å². The number of carbonyl (C=O) groups is 1. The van der Waals surface area contributed by atoms with Crippen molar-refractivity contribution < 1.29 is 9.53 Å². The third-order valence-electron chi connectivity index (χ3n) is 2.82. The smallest absolute Gasteiger partial charge is 0.222 e. The molecule has 1 amide bonds. The van der Waals surface area contributed by atoms with E-state index in [1.165, 1.54) is 12.8 Å². The van der Waals surface area contributed by atoms with Crippen LogP contribution in [-0.4, -0.2) is 50.7 Å². The van der Waals surface area contributed by atoms with Crippen LogP contribution in [0.25, 0.3) is 0 Å². The fourth-order valence-corrected chi connectivity index (χ4v) is 1.90. The van der Waals surface area contributed by atoms with Gasteiger partial charge in [0.2, 0.25) is 5.91 Å². The fourth-order valence-electron chi connectivity index (χ4n) is 1.90. The molecule has 4 heteroatoms. The largest absolute Gasteiger partial charge is 0.385 e. The Morgan fingerprint density at radius 2 is 2.40 bits per heavy atom. The van der Waals surface area contributed by atoms with Crippen molar-refractivity contribution in [3.8, 4) is 0 Å². The first-order valence-electron chi connectivity index (χ1n) is 5.70. The maximum Gasteiger partial charge on any atom is 0.222 e. The first-order chi connectivity index (χ1) is 7.24. The molecule has 0 spiro atoms. The van der Waals surface area contributed by atoms with E-state index in [9.17, 15) is 4.79 Å². The Balaban J connectivity index is 2.14. The number of amides is 1. The van der Waals surface area contributed by atoms with Gasteiger partial charge in [-0.1, -0.05) is 0 Å². The van der Waals surface area contributed by atoms with E-state index in [2.05, 4.69) is 5.32 Å². The van der Waals surface area contributed by atoms with Crippen LogP contribution in [0, 0.1) is 0 Å². The third-order valence-corrected chi connectivity index (χ3v) is 2.82. The molecule has 15 heavy (non-hydrogen) atoms. The number of carbonyl (C=O) groups excluding carboxylic acids is 1. The number of likely N-dealkylation sites (N-methyl/N-ethyl adjacent to an activating group) is 1. The van der Waals surface area contributed by atoms with Gasteiger partial charge in [-0.15, -0.1) is 0 Å². The molecule has 0 aliphatic carbocycles. The summed E-state index contributed by atoms with van der Waals surface area (Å²) in [5, 5.41) is 3.39. The second kappa shape index (κ2) is 6.80. The molecule has 1 saturated heterocycles. The summed E-state index contributed by atoms with van der Waals surface area (Å²) in [6.45, 7) is 2.60. The molecule has 4 nitrogen and oxygen atoms in total. The lowest BCUT2D eigenvalue weighted by molar-refractivity contribution is -0.130. The monoisotopic (exact) mass is 214 g/mol. The standard InChI is InChI=1S/C11H22N2O2/c1-13(9-10-5-3-7-12-10)11(14)6-4-8-15-2/h10,12H,3-9H2,1-2H3. The molecule has 1 aliphatic heterocycles. The van der Waals surface area contributed by atoms with Gasteiger partial charge in [0.25, 0.3) is 0 Å². The summed E-state index contributed by atoms with van der Waals surface area (Å²) in [5.74, 6) is 0.223. The Labute approximate surface area is 92.0 Å². The number of rotatable bonds is 6. The SMILES string of the molecule is COCCCC(=O)N(C)CC1CCCN1. The van der Waals surface area contributed by atoms with Crippen LogP contribution < -0.4 is 5.32 Å². The van der Waals surface area contributed by atoms with Gasteiger partial charge in [0.1, 0.15) is 0 Å². The van der Waals surface area contributed by atoms with Crippen molar-refractivity contribution >= 4 is 5.91 Å². The predicted molar refractivity (Wildman–Crippen MR) is 59.8 cm³/mol. The van der Waals surface area contributed by atoms with Crippen molar-refractivity contribution in [1.29, 1.82) is 0 Å². The Bertz CT molecular complexity index is 191. The normalized spacial score (nSPS) is 20.5. The van der Waals surface area contributed by atoms with E-state index in [0.29, 0.717) is 19.1 Å². The summed E-state index contributed by atoms with van der Waals surface area (Å²) < 4.78 is 4.92. The lowest BCUT2D eigenvalue weighted by atomic mass is 10.2. The van der Waals surface area contributed by atoms with Gasteiger partial charge >= 0.3 is 0 Å². The van der Waals surface area contributed by atoms with E-state index in [-0.39, 0.29) is 5.91 Å². The van der Waals surface area contributed by atoms with Crippen LogP contribution in [0.1, 0.15) is 25.7 Å². The van der Waals surface area contributed by atoms with Crippen molar-refractivity contribution in [2.24, 2.45) is 0 Å². The Kier molecular flexibility index (Phi) is 5.65. The van der Waals surface area contributed by atoms with Gasteiger partial charge in [-0.25, -0.2) is 0 Å². The molecule has 1 N–H and O–H groups in total. The van der Waals surface area contributed by atoms with Crippen LogP contribution in [0.4, 0.5) is 0 Å². The number of ether oxygens (including phenoxy) is 1. The summed E-state index contributed by atoms with van der Waals surface area (Å²) in [6, 6.07) is 0.501. The summed E-state index contributed by atoms with van der Waals surface area (Å²) >= 11 is 0. The van der Waals surface area contributed by atoms with E-state index in [4.69, 9.17) is 4.74 Å². The minimum absolute atomic E-state index is 0.223. The molecule has 1 rings (SSSR count). The highest BCUT2D eigenvalue weighted by Crippen LogP contribution is 2.07. The molecule has 0 radical (unpaired) electrons. The number of nitrogens with zero attached hydrogens (tertiary/aromatic N) is 1. The highest BCUT2D eigenvalue weighted by atomic mass is 16.5. The van der Waals surface area contributed by atoms with Crippen LogP contribution in [0.5, 0.6) is 0 Å². The quantitative estimate of drug-likeness (QED) is 0.659. The highest BCUT2D eigenvalue weighted by molar-refractivity contribution is 5.75. The van der Waals surface area contributed by atoms with Gasteiger partial charge in [-0.3, -0.25) is 4.79 Å². The van der Waals surface area contributed by atoms with E-state index < -0.39 is 0 Å². The molecule has 0 aromatic rings. The van der Waals surface area contributed by atoms with Crippen LogP contribution in [-0.2, 0) is 9.53 Å². The van der Waals surface area contributed by atoms with E-state index in [1.54, 1.807) is 7.11 Å². The van der Waals surface area contributed by atoms with Crippen LogP contribution in [0.2, 0.25) is 0 Å². The number of nitrogens with one attached hydrogen (secondary N) is 1. The summed E-state index contributed by atoms with van der Waals surface area (Å²) in [6.07, 6.45) is 3.83. The molecular weight excluding hydrogens is 192 g/mol. The topological polar surface area (TPSA) is 41.6 Å². The highest BCUT2D eigenvalue weighted by Gasteiger charge is 2.18. The Morgan fingerprint density at radius 3 is 3.00 bits per heavy atom. The Hall–Kier alpha value is -0.610. The summed E-state index contributed by atoms with van der Waals surface area (Å²) in [4.78, 5) is 13.5. The molecular formula is C11H22N2O2. The predicted octanol–water partition coefficient (Wildman–Crippen LogP) is 0.623. The molecule has 0 aromatic heterocycles. The second-order valence-corrected chi connectivity index (χ2v) is 4.16. The third kappa shape index (κ3) is 4.62. The second-order valence-electron chi connectivity index (χ2n) is 4.16. The summed E-state index contributed by atoms with van der Waals surface area (Å²) in [5.41, 5.74) is 0. The van der Waals surface area contributed by atoms with E-state index >= 15 is 0 Å². The van der Waals surface area contributed by atoms with E-state index in [1.807, 2.05) is 11.9 Å². The molecule has 1 aliphatic rings. The van der Waals surface area contributed by atoms with Crippen LogP contribution >= 0.6 is 0 Å². The van der Waals surface area contributed by atoms with E-state index in [0.717, 1.165) is 19.5 Å². The number of hydrogen-bond donors (Lipinski definition) is 1. The molecule has 1 heterocycles. The minimum Gasteiger partial charge on any atom is -0.385 e. The van der Waals surface area contributed by atoms with Gasteiger partial charge in [0.05, 0.1) is 0 Å². The maximum atomic E-state index is 11.6. The van der Waals surface area contributed by atoms with Crippen molar-refractivity contribution in [2.45, 2.75) is 31.7 Å². The molecule has 1 unspecified atom stereocenters. The maximum absolute atomic E-state index is 11.6. The van der Waals surface area contributed by atoms with Crippen molar-refractivity contribution in [3.05, 3.63) is 0 Å². The van der Waals surface area contributed by atoms with Crippen LogP contribution in [0.3, 0.4) is 0 Å². The van der Waals surface area contributed by atoms with Gasteiger partial charge in [-0.2, -0.15) is 0 Å². The molecule has 1 atom stereocenters. The van der Waals surface area contributed by atoms with Crippen molar-refractivity contribution in [1.82, 2.24) is 10.2 Å². The average molecular weight is 214 g/mol. The van der Waals surface area contributed by atoms with Gasteiger partial charge in [0, 0.05) is 39.8 Å². The minimum atomic E-state index is 0.223. The van der Waals surface area contributed by atoms with Crippen molar-refractivity contribution in [3.63, 3.8) is 0 Å². The first kappa shape index (κ1) is 12.5. The average Bonchev–Trinajstić information content (AvgIpc) is 2.70. The fraction of sp³-hybridized carbons (Fsp3) is 0.909. The zero-order chi connectivity index (χ0) is 11.1. The molecule has 0 saturated carbocycles. The Morgan fingerprint density at radius 1 is 1.60 bits per heavy atom. The first-order valence-corrected chi connectivity index (χ1v) is 5.70. The van der Waals surface area contributed by atoms with Gasteiger partial charge in [0.15, 0.2) is 0 Å². The zero-order valence-corrected chi connectivity index (χ0v) is 9.79. The summed E-state index contributed by atoms with van der Waals surface area (Å²) in [7, 11) is 3.55. The van der Waals surface area contributed by atoms with Gasteiger partial charge in [-0.05, 0) is 25.8 Å². The van der Waals surface area contributed by atoms with Gasteiger partial charge < -0.3 is 15.0 Å². The molecule has 0 bridgehead atoms. The molecule has 88 valence electrons. The number of methoxy groups -OCH3 is 1.